The number of nitrogens with two attached hydrogens (primary N) is 1. The molecule has 3 N–H and O–H groups in total. The van der Waals surface area contributed by atoms with Crippen LogP contribution < -0.4 is 11.1 Å². The Morgan fingerprint density at radius 2 is 2.30 bits per heavy atom. The molecule has 2 heterocycles. The molecule has 106 valence electrons. The summed E-state index contributed by atoms with van der Waals surface area (Å²) in [5.74, 6) is 0.270. The van der Waals surface area contributed by atoms with Gasteiger partial charge in [-0.15, -0.1) is 0 Å². The van der Waals surface area contributed by atoms with E-state index in [-0.39, 0.29) is 11.9 Å². The predicted molar refractivity (Wildman–Crippen MR) is 83.0 cm³/mol. The highest BCUT2D eigenvalue weighted by Crippen LogP contribution is 2.40. The zero-order valence-corrected chi connectivity index (χ0v) is 13.1. The molecule has 2 aliphatic rings. The number of hydrogen-bond donors (Lipinski definition) is 2. The molecular weight excluding hydrogens is 320 g/mol. The van der Waals surface area contributed by atoms with Gasteiger partial charge < -0.3 is 11.1 Å². The number of alkyl halides is 1. The van der Waals surface area contributed by atoms with Gasteiger partial charge in [0, 0.05) is 19.3 Å². The van der Waals surface area contributed by atoms with Gasteiger partial charge in [-0.2, -0.15) is 0 Å². The molecule has 1 aromatic rings. The second kappa shape index (κ2) is 4.48. The van der Waals surface area contributed by atoms with E-state index in [1.807, 2.05) is 19.1 Å². The van der Waals surface area contributed by atoms with Crippen LogP contribution >= 0.6 is 15.9 Å². The minimum atomic E-state index is -0.585. The number of halogens is 1. The van der Waals surface area contributed by atoms with E-state index in [1.54, 1.807) is 7.05 Å². The molecule has 2 aliphatic heterocycles. The normalized spacial score (nSPS) is 28.9. The van der Waals surface area contributed by atoms with Crippen LogP contribution in [0.15, 0.2) is 23.2 Å². The van der Waals surface area contributed by atoms with E-state index >= 15 is 0 Å². The Labute approximate surface area is 126 Å². The van der Waals surface area contributed by atoms with Gasteiger partial charge in [-0.1, -0.05) is 28.1 Å². The fraction of sp³-hybridized carbons (Fsp3) is 0.429. The van der Waals surface area contributed by atoms with Gasteiger partial charge in [0.1, 0.15) is 0 Å². The molecule has 5 nitrogen and oxygen atoms in total. The Bertz CT molecular complexity index is 615. The lowest BCUT2D eigenvalue weighted by atomic mass is 9.86. The van der Waals surface area contributed by atoms with Gasteiger partial charge in [-0.3, -0.25) is 9.69 Å². The van der Waals surface area contributed by atoms with E-state index in [0.29, 0.717) is 11.2 Å². The third kappa shape index (κ3) is 1.98. The van der Waals surface area contributed by atoms with Crippen LogP contribution in [0.5, 0.6) is 0 Å². The van der Waals surface area contributed by atoms with Crippen LogP contribution in [-0.4, -0.2) is 30.4 Å². The van der Waals surface area contributed by atoms with Crippen LogP contribution in [-0.2, 0) is 10.3 Å². The number of nitrogens with zero attached hydrogens (tertiary/aromatic N) is 2. The standard InChI is InChI=1S/C14H17BrN4O/c1-14(6-12(20)19(2)13(16)18-14)8-3-4-11-9(5-8)10(15)7-17-11/h3-5,10,17H,6-7H2,1-2H3,(H2,16,18)/t10?,14-/m0/s1. The molecule has 0 spiro atoms. The van der Waals surface area contributed by atoms with Crippen molar-refractivity contribution in [1.82, 2.24) is 4.90 Å². The largest absolute Gasteiger partial charge is 0.383 e. The SMILES string of the molecule is CN1C(=O)C[C@@](C)(c2ccc3c(c2)C(Br)CN3)N=C1N. The van der Waals surface area contributed by atoms with Crippen molar-refractivity contribution in [3.05, 3.63) is 29.3 Å². The van der Waals surface area contributed by atoms with Gasteiger partial charge >= 0.3 is 0 Å². The minimum absolute atomic E-state index is 0.00554. The first-order valence-electron chi connectivity index (χ1n) is 6.55. The lowest BCUT2D eigenvalue weighted by Crippen LogP contribution is -2.47. The molecule has 0 bridgehead atoms. The highest BCUT2D eigenvalue weighted by molar-refractivity contribution is 9.09. The summed E-state index contributed by atoms with van der Waals surface area (Å²) >= 11 is 3.65. The van der Waals surface area contributed by atoms with E-state index in [4.69, 9.17) is 5.73 Å². The zero-order chi connectivity index (χ0) is 14.5. The summed E-state index contributed by atoms with van der Waals surface area (Å²) in [6.07, 6.45) is 0.337. The van der Waals surface area contributed by atoms with Crippen molar-refractivity contribution in [3.63, 3.8) is 0 Å². The van der Waals surface area contributed by atoms with Gasteiger partial charge in [-0.05, 0) is 24.1 Å². The molecule has 1 unspecified atom stereocenters. The summed E-state index contributed by atoms with van der Waals surface area (Å²) in [5, 5.41) is 3.33. The van der Waals surface area contributed by atoms with Crippen molar-refractivity contribution in [2.75, 3.05) is 18.9 Å². The van der Waals surface area contributed by atoms with Crippen LogP contribution in [0.4, 0.5) is 5.69 Å². The number of benzene rings is 1. The number of anilines is 1. The first-order chi connectivity index (χ1) is 9.40. The van der Waals surface area contributed by atoms with Crippen LogP contribution in [0, 0.1) is 0 Å². The smallest absolute Gasteiger partial charge is 0.231 e. The molecule has 0 aliphatic carbocycles. The highest BCUT2D eigenvalue weighted by Gasteiger charge is 2.37. The Kier molecular flexibility index (Phi) is 3.01. The molecule has 20 heavy (non-hydrogen) atoms. The van der Waals surface area contributed by atoms with E-state index < -0.39 is 5.54 Å². The van der Waals surface area contributed by atoms with Gasteiger partial charge in [0.15, 0.2) is 5.96 Å². The first kappa shape index (κ1) is 13.4. The monoisotopic (exact) mass is 336 g/mol. The average molecular weight is 337 g/mol. The summed E-state index contributed by atoms with van der Waals surface area (Å²) in [5.41, 5.74) is 8.64. The number of amides is 1. The van der Waals surface area contributed by atoms with Crippen molar-refractivity contribution >= 4 is 33.5 Å². The average Bonchev–Trinajstić information content (AvgIpc) is 2.77. The number of aliphatic imine (C=N–C) groups is 1. The Balaban J connectivity index is 2.05. The lowest BCUT2D eigenvalue weighted by molar-refractivity contribution is -0.128. The number of fused-ring (bicyclic) bond motifs is 1. The third-order valence-electron chi connectivity index (χ3n) is 4.06. The van der Waals surface area contributed by atoms with Crippen molar-refractivity contribution in [3.8, 4) is 0 Å². The number of carbonyl (C=O) groups is 1. The molecule has 0 saturated carbocycles. The maximum atomic E-state index is 12.0. The van der Waals surface area contributed by atoms with Crippen LogP contribution in [0.1, 0.15) is 29.3 Å². The van der Waals surface area contributed by atoms with Crippen LogP contribution in [0.2, 0.25) is 0 Å². The summed E-state index contributed by atoms with van der Waals surface area (Å²) in [6.45, 7) is 2.83. The zero-order valence-electron chi connectivity index (χ0n) is 11.5. The van der Waals surface area contributed by atoms with Crippen LogP contribution in [0.25, 0.3) is 0 Å². The quantitative estimate of drug-likeness (QED) is 0.770. The Morgan fingerprint density at radius 3 is 3.00 bits per heavy atom. The number of rotatable bonds is 1. The van der Waals surface area contributed by atoms with Gasteiger partial charge in [-0.25, -0.2) is 4.99 Å². The third-order valence-corrected chi connectivity index (χ3v) is 4.87. The van der Waals surface area contributed by atoms with Gasteiger partial charge in [0.25, 0.3) is 0 Å². The van der Waals surface area contributed by atoms with Crippen molar-refractivity contribution in [2.45, 2.75) is 23.7 Å². The number of guanidine groups is 1. The molecule has 0 saturated heterocycles. The van der Waals surface area contributed by atoms with Crippen molar-refractivity contribution in [2.24, 2.45) is 10.7 Å². The molecule has 0 fully saturated rings. The molecule has 1 amide bonds. The number of nitrogens with one attached hydrogen (secondary N) is 1. The second-order valence-corrected chi connectivity index (χ2v) is 6.63. The molecule has 6 heteroatoms. The minimum Gasteiger partial charge on any atom is -0.383 e. The number of carbonyl (C=O) groups excluding carboxylic acids is 1. The lowest BCUT2D eigenvalue weighted by Gasteiger charge is -2.33. The first-order valence-corrected chi connectivity index (χ1v) is 7.46. The fourth-order valence-electron chi connectivity index (χ4n) is 2.70. The van der Waals surface area contributed by atoms with Gasteiger partial charge in [0.2, 0.25) is 5.91 Å². The van der Waals surface area contributed by atoms with Crippen LogP contribution in [0.3, 0.4) is 0 Å². The van der Waals surface area contributed by atoms with Crippen molar-refractivity contribution < 1.29 is 4.79 Å². The Morgan fingerprint density at radius 1 is 1.55 bits per heavy atom. The molecule has 3 rings (SSSR count). The molecule has 0 aromatic heterocycles. The molecular formula is C14H17BrN4O. The molecule has 1 aromatic carbocycles. The van der Waals surface area contributed by atoms with E-state index in [2.05, 4.69) is 32.3 Å². The maximum absolute atomic E-state index is 12.0. The molecule has 2 atom stereocenters. The van der Waals surface area contributed by atoms with E-state index in [0.717, 1.165) is 17.8 Å². The molecule has 0 radical (unpaired) electrons. The topological polar surface area (TPSA) is 70.7 Å². The second-order valence-electron chi connectivity index (χ2n) is 5.52. The fourth-order valence-corrected chi connectivity index (χ4v) is 3.24. The summed E-state index contributed by atoms with van der Waals surface area (Å²) in [4.78, 5) is 18.3. The predicted octanol–water partition coefficient (Wildman–Crippen LogP) is 1.94. The van der Waals surface area contributed by atoms with E-state index in [1.165, 1.54) is 10.5 Å². The summed E-state index contributed by atoms with van der Waals surface area (Å²) in [7, 11) is 1.65. The van der Waals surface area contributed by atoms with Crippen molar-refractivity contribution in [1.29, 1.82) is 0 Å². The van der Waals surface area contributed by atoms with E-state index in [9.17, 15) is 4.79 Å². The maximum Gasteiger partial charge on any atom is 0.231 e. The summed E-state index contributed by atoms with van der Waals surface area (Å²) in [6, 6.07) is 6.18. The van der Waals surface area contributed by atoms with Gasteiger partial charge in [0.05, 0.1) is 16.8 Å². The summed E-state index contributed by atoms with van der Waals surface area (Å²) < 4.78 is 0. The highest BCUT2D eigenvalue weighted by atomic mass is 79.9. The number of hydrogen-bond acceptors (Lipinski definition) is 4. The Hall–Kier alpha value is -1.56.